The van der Waals surface area contributed by atoms with Crippen LogP contribution in [0.1, 0.15) is 11.4 Å². The van der Waals surface area contributed by atoms with Gasteiger partial charge in [-0.1, -0.05) is 0 Å². The highest BCUT2D eigenvalue weighted by Crippen LogP contribution is 2.26. The molecule has 6 rings (SSSR count). The smallest absolute Gasteiger partial charge is 0.267 e. The first-order valence-electron chi connectivity index (χ1n) is 9.19. The van der Waals surface area contributed by atoms with Gasteiger partial charge in [0.05, 0.1) is 22.8 Å². The lowest BCUT2D eigenvalue weighted by molar-refractivity contribution is 0.953. The molecule has 0 saturated heterocycles. The summed E-state index contributed by atoms with van der Waals surface area (Å²) in [5, 5.41) is 2.39. The second kappa shape index (κ2) is 4.95. The summed E-state index contributed by atoms with van der Waals surface area (Å²) < 4.78 is 5.03. The Morgan fingerprint density at radius 2 is 1.15 bits per heavy atom. The van der Waals surface area contributed by atoms with E-state index in [4.69, 9.17) is 9.98 Å². The molecule has 6 heterocycles. The lowest BCUT2D eigenvalue weighted by Crippen LogP contribution is -2.55. The molecule has 4 aliphatic rings. The molecule has 0 spiro atoms. The fourth-order valence-electron chi connectivity index (χ4n) is 4.47. The van der Waals surface area contributed by atoms with E-state index in [1.54, 1.807) is 0 Å². The number of aliphatic imine (C=N–C) groups is 2. The molecule has 5 heteroatoms. The van der Waals surface area contributed by atoms with Crippen molar-refractivity contribution in [1.29, 1.82) is 0 Å². The molecular formula is C22H18N4Si. The molecular weight excluding hydrogens is 348 g/mol. The maximum atomic E-state index is 4.78. The zero-order chi connectivity index (χ0) is 18.2. The van der Waals surface area contributed by atoms with Gasteiger partial charge in [0.1, 0.15) is 0 Å². The van der Waals surface area contributed by atoms with Crippen LogP contribution in [0.2, 0.25) is 13.1 Å². The molecule has 4 nitrogen and oxygen atoms in total. The van der Waals surface area contributed by atoms with E-state index >= 15 is 0 Å². The predicted octanol–water partition coefficient (Wildman–Crippen LogP) is 2.68. The third-order valence-corrected chi connectivity index (χ3v) is 8.75. The monoisotopic (exact) mass is 366 g/mol. The van der Waals surface area contributed by atoms with Gasteiger partial charge in [-0.15, -0.1) is 0 Å². The molecule has 0 aliphatic carbocycles. The minimum absolute atomic E-state index is 1.00. The molecule has 0 aromatic carbocycles. The lowest BCUT2D eigenvalue weighted by Gasteiger charge is -2.31. The molecule has 2 aromatic heterocycles. The van der Waals surface area contributed by atoms with Crippen molar-refractivity contribution in [3.05, 3.63) is 82.0 Å². The molecule has 0 atom stereocenters. The Bertz CT molecular complexity index is 1240. The fraction of sp³-hybridized carbons (Fsp3) is 0.0909. The molecule has 0 saturated carbocycles. The van der Waals surface area contributed by atoms with Crippen molar-refractivity contribution in [2.24, 2.45) is 9.98 Å². The summed E-state index contributed by atoms with van der Waals surface area (Å²) >= 11 is 0. The van der Waals surface area contributed by atoms with Gasteiger partial charge in [0.15, 0.2) is 0 Å². The first kappa shape index (κ1) is 14.9. The molecule has 0 unspecified atom stereocenters. The summed E-state index contributed by atoms with van der Waals surface area (Å²) in [5.41, 5.74) is 6.41. The van der Waals surface area contributed by atoms with Crippen molar-refractivity contribution in [1.82, 2.24) is 8.47 Å². The van der Waals surface area contributed by atoms with Gasteiger partial charge in [0, 0.05) is 22.1 Å². The third-order valence-electron chi connectivity index (χ3n) is 5.53. The van der Waals surface area contributed by atoms with E-state index in [0.717, 1.165) is 22.8 Å². The molecule has 130 valence electrons. The molecule has 27 heavy (non-hydrogen) atoms. The summed E-state index contributed by atoms with van der Waals surface area (Å²) in [7, 11) is -2.12. The van der Waals surface area contributed by atoms with E-state index in [1.165, 1.54) is 22.1 Å². The zero-order valence-electron chi connectivity index (χ0n) is 15.2. The average Bonchev–Trinajstić information content (AvgIpc) is 3.38. The Hall–Kier alpha value is -3.18. The van der Waals surface area contributed by atoms with Crippen molar-refractivity contribution >= 4 is 44.1 Å². The number of nitrogens with zero attached hydrogens (tertiary/aromatic N) is 4. The summed E-state index contributed by atoms with van der Waals surface area (Å²) in [6.07, 6.45) is 17.1. The molecule has 0 N–H and O–H groups in total. The fourth-order valence-corrected chi connectivity index (χ4v) is 7.75. The van der Waals surface area contributed by atoms with E-state index < -0.39 is 8.40 Å². The molecule has 0 radical (unpaired) electrons. The van der Waals surface area contributed by atoms with Crippen molar-refractivity contribution in [2.45, 2.75) is 13.1 Å². The van der Waals surface area contributed by atoms with Gasteiger partial charge >= 0.3 is 0 Å². The van der Waals surface area contributed by atoms with Gasteiger partial charge in [-0.05, 0) is 86.0 Å². The van der Waals surface area contributed by atoms with Crippen molar-refractivity contribution in [3.8, 4) is 0 Å². The van der Waals surface area contributed by atoms with Crippen molar-refractivity contribution in [2.75, 3.05) is 0 Å². The van der Waals surface area contributed by atoms with Crippen LogP contribution >= 0.6 is 0 Å². The van der Waals surface area contributed by atoms with Gasteiger partial charge in [-0.2, -0.15) is 0 Å². The predicted molar refractivity (Wildman–Crippen MR) is 114 cm³/mol. The number of fused-ring (bicyclic) bond motifs is 2. The zero-order valence-corrected chi connectivity index (χ0v) is 16.2. The standard InChI is InChI=1S/C22H18N4Si/c1-27(2)25-19-7-8-21(25)13-17-5-6-18(24-17)14-22-10-9-20(26(22)27)12-16-4-3-15(11-19)23-16/h3-14H,1-2H3. The van der Waals surface area contributed by atoms with Gasteiger partial charge < -0.3 is 8.47 Å². The second-order valence-electron chi connectivity index (χ2n) is 7.70. The van der Waals surface area contributed by atoms with E-state index in [9.17, 15) is 0 Å². The van der Waals surface area contributed by atoms with Crippen LogP contribution in [0, 0.1) is 0 Å². The summed E-state index contributed by atoms with van der Waals surface area (Å²) in [6.45, 7) is 4.81. The van der Waals surface area contributed by atoms with Gasteiger partial charge in [-0.3, -0.25) is 0 Å². The number of hydrogen-bond acceptors (Lipinski definition) is 2. The van der Waals surface area contributed by atoms with E-state index in [1.807, 2.05) is 0 Å². The summed E-state index contributed by atoms with van der Waals surface area (Å²) in [4.78, 5) is 9.56. The quantitative estimate of drug-likeness (QED) is 0.643. The normalized spacial score (nSPS) is 20.2. The minimum Gasteiger partial charge on any atom is -0.350 e. The van der Waals surface area contributed by atoms with Gasteiger partial charge in [0.25, 0.3) is 8.40 Å². The van der Waals surface area contributed by atoms with Gasteiger partial charge in [-0.25, -0.2) is 9.98 Å². The molecule has 0 fully saturated rings. The number of hydrogen-bond donors (Lipinski definition) is 0. The van der Waals surface area contributed by atoms with Crippen LogP contribution in [0.5, 0.6) is 0 Å². The summed E-state index contributed by atoms with van der Waals surface area (Å²) in [5.74, 6) is 0. The summed E-state index contributed by atoms with van der Waals surface area (Å²) in [6, 6.07) is 8.81. The van der Waals surface area contributed by atoms with Crippen LogP contribution in [-0.4, -0.2) is 28.3 Å². The largest absolute Gasteiger partial charge is 0.350 e. The Balaban J connectivity index is 1.86. The highest BCUT2D eigenvalue weighted by Gasteiger charge is 2.32. The lowest BCUT2D eigenvalue weighted by atomic mass is 10.3. The van der Waals surface area contributed by atoms with Crippen molar-refractivity contribution in [3.63, 3.8) is 0 Å². The first-order chi connectivity index (χ1) is 13.1. The van der Waals surface area contributed by atoms with Crippen LogP contribution < -0.4 is 10.7 Å². The molecule has 6 bridgehead atoms. The Morgan fingerprint density at radius 1 is 0.630 bits per heavy atom. The maximum Gasteiger partial charge on any atom is 0.267 e. The number of aromatic nitrogens is 2. The maximum absolute atomic E-state index is 4.78. The Kier molecular flexibility index (Phi) is 2.74. The van der Waals surface area contributed by atoms with Crippen LogP contribution in [0.4, 0.5) is 0 Å². The number of rotatable bonds is 0. The molecule has 2 aromatic rings. The van der Waals surface area contributed by atoms with Crippen LogP contribution in [0.3, 0.4) is 0 Å². The average molecular weight is 367 g/mol. The van der Waals surface area contributed by atoms with Gasteiger partial charge in [0.2, 0.25) is 0 Å². The topological polar surface area (TPSA) is 34.6 Å². The molecule has 0 amide bonds. The minimum atomic E-state index is -2.12. The van der Waals surface area contributed by atoms with E-state index in [0.29, 0.717) is 0 Å². The highest BCUT2D eigenvalue weighted by atomic mass is 28.3. The second-order valence-corrected chi connectivity index (χ2v) is 11.6. The van der Waals surface area contributed by atoms with Crippen molar-refractivity contribution < 1.29 is 0 Å². The van der Waals surface area contributed by atoms with E-state index in [2.05, 4.69) is 94.4 Å². The van der Waals surface area contributed by atoms with Crippen LogP contribution in [0.15, 0.2) is 69.9 Å². The van der Waals surface area contributed by atoms with Crippen LogP contribution in [0.25, 0.3) is 24.3 Å². The highest BCUT2D eigenvalue weighted by molar-refractivity contribution is 6.74. The van der Waals surface area contributed by atoms with Crippen LogP contribution in [-0.2, 0) is 0 Å². The Labute approximate surface area is 158 Å². The first-order valence-corrected chi connectivity index (χ1v) is 12.1. The number of allylic oxidation sites excluding steroid dienone is 4. The SMILES string of the molecule is C[Si]1(C)n2c3ccc2C=C2C=CC(=N2)C=c2ccc(n21)=CC1=NC(=C3)C=C1. The third kappa shape index (κ3) is 2.09. The van der Waals surface area contributed by atoms with E-state index in [-0.39, 0.29) is 0 Å². The Morgan fingerprint density at radius 3 is 1.67 bits per heavy atom. The molecule has 4 aliphatic heterocycles.